The lowest BCUT2D eigenvalue weighted by atomic mass is 10.0. The Morgan fingerprint density at radius 3 is 2.40 bits per heavy atom. The van der Waals surface area contributed by atoms with Crippen molar-refractivity contribution in [2.24, 2.45) is 0 Å². The normalized spacial score (nSPS) is 12.3. The first-order chi connectivity index (χ1) is 11.9. The Labute approximate surface area is 152 Å². The fraction of sp³-hybridized carbons (Fsp3) is 0.368. The molecule has 2 aromatic rings. The van der Waals surface area contributed by atoms with Crippen molar-refractivity contribution in [3.8, 4) is 5.75 Å². The quantitative estimate of drug-likeness (QED) is 0.758. The van der Waals surface area contributed by atoms with Crippen molar-refractivity contribution in [3.05, 3.63) is 52.2 Å². The molecule has 1 aromatic carbocycles. The number of ether oxygens (including phenoxy) is 2. The summed E-state index contributed by atoms with van der Waals surface area (Å²) in [5, 5.41) is 4.73. The van der Waals surface area contributed by atoms with Crippen LogP contribution in [-0.2, 0) is 9.53 Å². The third-order valence-corrected chi connectivity index (χ3v) is 4.80. The van der Waals surface area contributed by atoms with Gasteiger partial charge in [0.15, 0.2) is 0 Å². The summed E-state index contributed by atoms with van der Waals surface area (Å²) in [5.41, 5.74) is 0.201. The van der Waals surface area contributed by atoms with Crippen LogP contribution in [0, 0.1) is 0 Å². The predicted molar refractivity (Wildman–Crippen MR) is 98.0 cm³/mol. The average molecular weight is 361 g/mol. The van der Waals surface area contributed by atoms with E-state index in [1.165, 1.54) is 11.3 Å². The topological polar surface area (TPSA) is 64.6 Å². The summed E-state index contributed by atoms with van der Waals surface area (Å²) in [7, 11) is 1.57. The second-order valence-corrected chi connectivity index (χ2v) is 7.21. The van der Waals surface area contributed by atoms with Crippen molar-refractivity contribution in [2.75, 3.05) is 7.11 Å². The van der Waals surface area contributed by atoms with Crippen LogP contribution in [-0.4, -0.2) is 24.5 Å². The van der Waals surface area contributed by atoms with Gasteiger partial charge in [0.25, 0.3) is 5.91 Å². The Kier molecular flexibility index (Phi) is 6.20. The van der Waals surface area contributed by atoms with E-state index in [9.17, 15) is 9.59 Å². The molecule has 2 rings (SSSR count). The molecule has 0 radical (unpaired) electrons. The van der Waals surface area contributed by atoms with Gasteiger partial charge in [-0.15, -0.1) is 11.3 Å². The van der Waals surface area contributed by atoms with E-state index >= 15 is 0 Å². The smallest absolute Gasteiger partial charge is 0.349 e. The van der Waals surface area contributed by atoms with Crippen LogP contribution >= 0.6 is 11.3 Å². The molecular formula is C19H23NO4S. The molecule has 0 unspecified atom stereocenters. The summed E-state index contributed by atoms with van der Waals surface area (Å²) in [6, 6.07) is 10.4. The average Bonchev–Trinajstić information content (AvgIpc) is 3.14. The molecule has 1 atom stereocenters. The highest BCUT2D eigenvalue weighted by Gasteiger charge is 2.29. The molecule has 1 N–H and O–H groups in total. The first-order valence-corrected chi connectivity index (χ1v) is 8.94. The maximum absolute atomic E-state index is 12.8. The van der Waals surface area contributed by atoms with Crippen LogP contribution in [0.4, 0.5) is 0 Å². The Bertz CT molecular complexity index is 708. The van der Waals surface area contributed by atoms with E-state index in [-0.39, 0.29) is 5.91 Å². The van der Waals surface area contributed by atoms with Gasteiger partial charge in [0, 0.05) is 11.1 Å². The Hall–Kier alpha value is -2.34. The van der Waals surface area contributed by atoms with Crippen molar-refractivity contribution in [1.29, 1.82) is 0 Å². The highest BCUT2D eigenvalue weighted by molar-refractivity contribution is 7.11. The monoisotopic (exact) mass is 361 g/mol. The van der Waals surface area contributed by atoms with Crippen molar-refractivity contribution >= 4 is 23.2 Å². The number of nitrogens with one attached hydrogen (secondary N) is 1. The Morgan fingerprint density at radius 1 is 1.20 bits per heavy atom. The number of hydrogen-bond donors (Lipinski definition) is 1. The van der Waals surface area contributed by atoms with E-state index in [1.54, 1.807) is 48.9 Å². The largest absolute Gasteiger partial charge is 0.497 e. The van der Waals surface area contributed by atoms with Gasteiger partial charge in [0.1, 0.15) is 10.6 Å². The minimum atomic E-state index is -1.02. The van der Waals surface area contributed by atoms with Gasteiger partial charge in [0.05, 0.1) is 7.11 Å². The summed E-state index contributed by atoms with van der Waals surface area (Å²) >= 11 is 1.28. The third-order valence-electron chi connectivity index (χ3n) is 3.95. The number of esters is 1. The van der Waals surface area contributed by atoms with Gasteiger partial charge < -0.3 is 14.8 Å². The zero-order valence-electron chi connectivity index (χ0n) is 14.9. The number of methoxy groups -OCH3 is 1. The molecule has 0 spiro atoms. The maximum Gasteiger partial charge on any atom is 0.349 e. The molecule has 1 aromatic heterocycles. The van der Waals surface area contributed by atoms with Crippen molar-refractivity contribution in [1.82, 2.24) is 5.32 Å². The zero-order valence-corrected chi connectivity index (χ0v) is 15.7. The number of rotatable bonds is 7. The minimum Gasteiger partial charge on any atom is -0.497 e. The van der Waals surface area contributed by atoms with Crippen LogP contribution in [0.15, 0.2) is 41.8 Å². The van der Waals surface area contributed by atoms with Gasteiger partial charge in [-0.1, -0.05) is 25.1 Å². The van der Waals surface area contributed by atoms with E-state index in [1.807, 2.05) is 20.8 Å². The molecule has 0 aliphatic rings. The highest BCUT2D eigenvalue weighted by atomic mass is 32.1. The molecule has 0 saturated carbocycles. The predicted octanol–water partition coefficient (Wildman–Crippen LogP) is 3.96. The van der Waals surface area contributed by atoms with E-state index in [0.717, 1.165) is 6.42 Å². The number of benzene rings is 1. The molecular weight excluding hydrogens is 338 g/mol. The second-order valence-electron chi connectivity index (χ2n) is 6.26. The van der Waals surface area contributed by atoms with Gasteiger partial charge in [0.2, 0.25) is 6.10 Å². The van der Waals surface area contributed by atoms with E-state index in [4.69, 9.17) is 9.47 Å². The van der Waals surface area contributed by atoms with Crippen molar-refractivity contribution in [2.45, 2.75) is 38.8 Å². The van der Waals surface area contributed by atoms with Crippen LogP contribution in [0.5, 0.6) is 5.75 Å². The van der Waals surface area contributed by atoms with E-state index < -0.39 is 17.6 Å². The number of hydrogen-bond acceptors (Lipinski definition) is 5. The molecule has 1 heterocycles. The van der Waals surface area contributed by atoms with E-state index in [0.29, 0.717) is 16.2 Å². The summed E-state index contributed by atoms with van der Waals surface area (Å²) in [6.07, 6.45) is -0.265. The molecule has 6 heteroatoms. The molecule has 0 bridgehead atoms. The lowest BCUT2D eigenvalue weighted by Gasteiger charge is -2.27. The van der Waals surface area contributed by atoms with Crippen LogP contribution in [0.2, 0.25) is 0 Å². The number of carbonyl (C=O) groups is 2. The van der Waals surface area contributed by atoms with Crippen LogP contribution in [0.3, 0.4) is 0 Å². The van der Waals surface area contributed by atoms with Crippen molar-refractivity contribution in [3.63, 3.8) is 0 Å². The second kappa shape index (κ2) is 8.16. The molecule has 0 aliphatic heterocycles. The summed E-state index contributed by atoms with van der Waals surface area (Å²) in [4.78, 5) is 25.6. The molecule has 5 nitrogen and oxygen atoms in total. The highest BCUT2D eigenvalue weighted by Crippen LogP contribution is 2.24. The summed E-state index contributed by atoms with van der Waals surface area (Å²) in [5.74, 6) is -0.191. The molecule has 0 fully saturated rings. The number of carbonyl (C=O) groups excluding carboxylic acids is 2. The maximum atomic E-state index is 12.8. The van der Waals surface area contributed by atoms with Crippen LogP contribution in [0.25, 0.3) is 0 Å². The van der Waals surface area contributed by atoms with Gasteiger partial charge in [-0.2, -0.15) is 0 Å². The fourth-order valence-electron chi connectivity index (χ4n) is 2.10. The molecule has 0 saturated heterocycles. The fourth-order valence-corrected chi connectivity index (χ4v) is 2.70. The summed E-state index contributed by atoms with van der Waals surface area (Å²) < 4.78 is 10.7. The number of amides is 1. The molecule has 0 aliphatic carbocycles. The Morgan fingerprint density at radius 2 is 1.88 bits per heavy atom. The lowest BCUT2D eigenvalue weighted by molar-refractivity contribution is -0.132. The number of thiophene rings is 1. The van der Waals surface area contributed by atoms with E-state index in [2.05, 4.69) is 5.32 Å². The minimum absolute atomic E-state index is 0.345. The zero-order chi connectivity index (χ0) is 18.4. The van der Waals surface area contributed by atoms with Gasteiger partial charge in [-0.25, -0.2) is 4.79 Å². The molecule has 134 valence electrons. The first-order valence-electron chi connectivity index (χ1n) is 8.06. The first kappa shape index (κ1) is 19.0. The van der Waals surface area contributed by atoms with Crippen molar-refractivity contribution < 1.29 is 19.1 Å². The van der Waals surface area contributed by atoms with Crippen LogP contribution in [0.1, 0.15) is 48.5 Å². The summed E-state index contributed by atoms with van der Waals surface area (Å²) in [6.45, 7) is 5.84. The van der Waals surface area contributed by atoms with Gasteiger partial charge >= 0.3 is 5.97 Å². The van der Waals surface area contributed by atoms with Gasteiger partial charge in [-0.05, 0) is 43.8 Å². The lowest BCUT2D eigenvalue weighted by Crippen LogP contribution is -2.45. The SMILES string of the molecule is CCC(C)(C)NC(=O)[C@H](OC(=O)c1cccs1)c1ccc(OC)cc1. The molecule has 25 heavy (non-hydrogen) atoms. The third kappa shape index (κ3) is 5.06. The van der Waals surface area contributed by atoms with Gasteiger partial charge in [-0.3, -0.25) is 4.79 Å². The Balaban J connectivity index is 2.26. The standard InChI is InChI=1S/C19H23NO4S/c1-5-19(2,3)20-17(21)16(13-8-10-14(23-4)11-9-13)24-18(22)15-7-6-12-25-15/h6-12,16H,5H2,1-4H3,(H,20,21)/t16-/m1/s1. The van der Waals surface area contributed by atoms with Crippen LogP contribution < -0.4 is 10.1 Å². The molecule has 1 amide bonds.